The number of aromatic nitrogens is 1. The first-order chi connectivity index (χ1) is 20.6. The molecule has 218 valence electrons. The molecule has 1 aliphatic heterocycles. The van der Waals surface area contributed by atoms with Crippen molar-refractivity contribution in [3.8, 4) is 12.1 Å². The van der Waals surface area contributed by atoms with E-state index in [2.05, 4.69) is 59.5 Å². The van der Waals surface area contributed by atoms with Crippen LogP contribution in [0.3, 0.4) is 0 Å². The summed E-state index contributed by atoms with van der Waals surface area (Å²) in [5.41, 5.74) is 9.52. The number of hydrogen-bond acceptors (Lipinski definition) is 8. The van der Waals surface area contributed by atoms with Crippen LogP contribution in [0.15, 0.2) is 72.7 Å². The van der Waals surface area contributed by atoms with E-state index in [4.69, 9.17) is 11.6 Å². The van der Waals surface area contributed by atoms with Crippen LogP contribution in [-0.4, -0.2) is 16.5 Å². The number of nitriles is 2. The normalized spacial score (nSPS) is 13.6. The summed E-state index contributed by atoms with van der Waals surface area (Å²) in [6, 6.07) is 18.4. The molecule has 0 fully saturated rings. The largest absolute Gasteiger partial charge is 0.383 e. The third kappa shape index (κ3) is 6.46. The SMILES string of the molecule is CC(C)(C)CNc1c(C#N)cnc2c(C#N)cc(N[C@H](C3=CN(Cc4c(F)cccc4F)NN3)c3ccccc3Cl)cc12. The summed E-state index contributed by atoms with van der Waals surface area (Å²) in [4.78, 5) is 4.43. The Hall–Kier alpha value is -4.90. The molecule has 0 saturated heterocycles. The molecule has 0 aliphatic carbocycles. The minimum atomic E-state index is -0.647. The highest BCUT2D eigenvalue weighted by atomic mass is 35.5. The highest BCUT2D eigenvalue weighted by Crippen LogP contribution is 2.36. The maximum absolute atomic E-state index is 14.3. The standard InChI is InChI=1S/C32H29ClF2N8/c1-32(2,3)18-39-30-20(14-37)15-38-29-19(13-36)11-21(12-23(29)30)40-31(22-7-4-5-8-25(22)33)28-17-43(42-41-28)16-24-26(34)9-6-10-27(24)35/h4-12,15,17,31,40-42H,16,18H2,1-3H3,(H,38,39)/t31-/m0/s1. The van der Waals surface area contributed by atoms with Gasteiger partial charge in [0.15, 0.2) is 0 Å². The van der Waals surface area contributed by atoms with Gasteiger partial charge < -0.3 is 16.1 Å². The number of pyridine rings is 1. The van der Waals surface area contributed by atoms with Crippen LogP contribution in [0, 0.1) is 39.7 Å². The van der Waals surface area contributed by atoms with Crippen LogP contribution in [0.1, 0.15) is 49.1 Å². The maximum atomic E-state index is 14.3. The summed E-state index contributed by atoms with van der Waals surface area (Å²) in [7, 11) is 0. The molecule has 1 aromatic heterocycles. The van der Waals surface area contributed by atoms with E-state index >= 15 is 0 Å². The topological polar surface area (TPSA) is 112 Å². The van der Waals surface area contributed by atoms with Crippen LogP contribution in [0.2, 0.25) is 5.02 Å². The molecule has 4 aromatic rings. The van der Waals surface area contributed by atoms with Crippen molar-refractivity contribution in [2.75, 3.05) is 17.2 Å². The van der Waals surface area contributed by atoms with Crippen molar-refractivity contribution in [2.24, 2.45) is 5.41 Å². The van der Waals surface area contributed by atoms with Crippen LogP contribution in [0.25, 0.3) is 10.9 Å². The number of rotatable bonds is 8. The molecule has 0 bridgehead atoms. The van der Waals surface area contributed by atoms with E-state index in [1.807, 2.05) is 24.3 Å². The average molecular weight is 599 g/mol. The maximum Gasteiger partial charge on any atom is 0.131 e. The van der Waals surface area contributed by atoms with Gasteiger partial charge in [-0.25, -0.2) is 8.78 Å². The summed E-state index contributed by atoms with van der Waals surface area (Å²) >= 11 is 6.64. The van der Waals surface area contributed by atoms with E-state index in [9.17, 15) is 19.3 Å². The average Bonchev–Trinajstić information content (AvgIpc) is 3.44. The first-order valence-electron chi connectivity index (χ1n) is 13.5. The highest BCUT2D eigenvalue weighted by Gasteiger charge is 2.26. The number of anilines is 2. The Labute approximate surface area is 253 Å². The van der Waals surface area contributed by atoms with Crippen molar-refractivity contribution < 1.29 is 8.78 Å². The molecule has 5 rings (SSSR count). The lowest BCUT2D eigenvalue weighted by Crippen LogP contribution is -2.37. The summed E-state index contributed by atoms with van der Waals surface area (Å²) in [6.07, 6.45) is 3.17. The van der Waals surface area contributed by atoms with Crippen molar-refractivity contribution in [2.45, 2.75) is 33.4 Å². The molecule has 0 amide bonds. The zero-order valence-corrected chi connectivity index (χ0v) is 24.5. The summed E-state index contributed by atoms with van der Waals surface area (Å²) in [5, 5.41) is 29.4. The van der Waals surface area contributed by atoms with Gasteiger partial charge in [-0.3, -0.25) is 9.99 Å². The number of nitrogens with one attached hydrogen (secondary N) is 4. The minimum absolute atomic E-state index is 0.0730. The zero-order chi connectivity index (χ0) is 30.7. The van der Waals surface area contributed by atoms with Crippen LogP contribution < -0.4 is 21.6 Å². The van der Waals surface area contributed by atoms with Crippen LogP contribution in [0.4, 0.5) is 20.2 Å². The molecule has 1 atom stereocenters. The van der Waals surface area contributed by atoms with Gasteiger partial charge in [0.1, 0.15) is 23.8 Å². The van der Waals surface area contributed by atoms with E-state index < -0.39 is 17.7 Å². The lowest BCUT2D eigenvalue weighted by molar-refractivity contribution is 0.255. The second-order valence-corrected chi connectivity index (χ2v) is 11.8. The van der Waals surface area contributed by atoms with Gasteiger partial charge in [-0.2, -0.15) is 10.5 Å². The molecule has 0 saturated carbocycles. The molecule has 0 radical (unpaired) electrons. The predicted octanol–water partition coefficient (Wildman–Crippen LogP) is 6.89. The number of hydrazine groups is 2. The Bertz CT molecular complexity index is 1780. The molecule has 11 heteroatoms. The van der Waals surface area contributed by atoms with Gasteiger partial charge in [0.05, 0.1) is 40.6 Å². The number of benzene rings is 3. The summed E-state index contributed by atoms with van der Waals surface area (Å²) in [6.45, 7) is 6.75. The molecule has 2 heterocycles. The van der Waals surface area contributed by atoms with Gasteiger partial charge in [0, 0.05) is 40.6 Å². The molecule has 0 unspecified atom stereocenters. The quantitative estimate of drug-likeness (QED) is 0.174. The van der Waals surface area contributed by atoms with E-state index in [-0.39, 0.29) is 17.5 Å². The van der Waals surface area contributed by atoms with Crippen molar-refractivity contribution in [1.82, 2.24) is 21.0 Å². The smallest absolute Gasteiger partial charge is 0.131 e. The number of halogens is 3. The molecular weight excluding hydrogens is 570 g/mol. The van der Waals surface area contributed by atoms with Crippen molar-refractivity contribution in [3.05, 3.63) is 112 Å². The van der Waals surface area contributed by atoms with Crippen LogP contribution in [0.5, 0.6) is 0 Å². The Kier molecular flexibility index (Phi) is 8.36. The molecule has 0 spiro atoms. The van der Waals surface area contributed by atoms with E-state index in [1.165, 1.54) is 29.4 Å². The molecule has 1 aliphatic rings. The fourth-order valence-electron chi connectivity index (χ4n) is 4.75. The Morgan fingerprint density at radius 1 is 1.02 bits per heavy atom. The van der Waals surface area contributed by atoms with Crippen molar-refractivity contribution in [1.29, 1.82) is 10.5 Å². The number of hydrogen-bond donors (Lipinski definition) is 4. The fraction of sp³-hybridized carbons (Fsp3) is 0.219. The molecule has 3 aromatic carbocycles. The van der Waals surface area contributed by atoms with Gasteiger partial charge in [0.2, 0.25) is 0 Å². The van der Waals surface area contributed by atoms with Gasteiger partial charge in [0.25, 0.3) is 0 Å². The Balaban J connectivity index is 1.57. The first-order valence-corrected chi connectivity index (χ1v) is 13.9. The zero-order valence-electron chi connectivity index (χ0n) is 23.8. The number of nitrogens with zero attached hydrogens (tertiary/aromatic N) is 4. The summed E-state index contributed by atoms with van der Waals surface area (Å²) in [5.74, 6) is -1.29. The molecule has 4 N–H and O–H groups in total. The fourth-order valence-corrected chi connectivity index (χ4v) is 5.00. The second-order valence-electron chi connectivity index (χ2n) is 11.4. The monoisotopic (exact) mass is 598 g/mol. The van der Waals surface area contributed by atoms with Gasteiger partial charge >= 0.3 is 0 Å². The summed E-state index contributed by atoms with van der Waals surface area (Å²) < 4.78 is 28.7. The third-order valence-electron chi connectivity index (χ3n) is 6.87. The Morgan fingerprint density at radius 2 is 1.74 bits per heavy atom. The lowest BCUT2D eigenvalue weighted by Gasteiger charge is -2.24. The molecular formula is C32H29ClF2N8. The molecule has 8 nitrogen and oxygen atoms in total. The van der Waals surface area contributed by atoms with E-state index in [1.54, 1.807) is 18.3 Å². The Morgan fingerprint density at radius 3 is 2.42 bits per heavy atom. The second kappa shape index (κ2) is 12.1. The number of fused-ring (bicyclic) bond motifs is 1. The lowest BCUT2D eigenvalue weighted by atomic mass is 9.96. The third-order valence-corrected chi connectivity index (χ3v) is 7.22. The van der Waals surface area contributed by atoms with Crippen LogP contribution in [-0.2, 0) is 6.54 Å². The van der Waals surface area contributed by atoms with E-state index in [0.29, 0.717) is 50.7 Å². The highest BCUT2D eigenvalue weighted by molar-refractivity contribution is 6.31. The van der Waals surface area contributed by atoms with Gasteiger partial charge in [-0.1, -0.05) is 56.6 Å². The predicted molar refractivity (Wildman–Crippen MR) is 163 cm³/mol. The van der Waals surface area contributed by atoms with Gasteiger partial charge in [-0.15, -0.1) is 5.53 Å². The van der Waals surface area contributed by atoms with E-state index in [0.717, 1.165) is 5.56 Å². The van der Waals surface area contributed by atoms with Crippen molar-refractivity contribution >= 4 is 33.9 Å². The van der Waals surface area contributed by atoms with Crippen LogP contribution >= 0.6 is 11.6 Å². The minimum Gasteiger partial charge on any atom is -0.383 e. The first kappa shape index (κ1) is 29.6. The van der Waals surface area contributed by atoms with Gasteiger partial charge in [-0.05, 0) is 41.3 Å². The van der Waals surface area contributed by atoms with Crippen molar-refractivity contribution in [3.63, 3.8) is 0 Å². The molecule has 43 heavy (non-hydrogen) atoms.